The van der Waals surface area contributed by atoms with Crippen molar-refractivity contribution in [2.24, 2.45) is 17.6 Å². The number of esters is 1. The number of benzene rings is 1. The maximum atomic E-state index is 12.0. The van der Waals surface area contributed by atoms with Crippen LogP contribution in [0.2, 0.25) is 0 Å². The van der Waals surface area contributed by atoms with Crippen molar-refractivity contribution in [1.29, 1.82) is 5.26 Å². The molecule has 3 unspecified atom stereocenters. The number of rotatable bonds is 9. The highest BCUT2D eigenvalue weighted by Crippen LogP contribution is 2.29. The number of carbonyl (C=O) groups excluding carboxylic acids is 1. The number of nitriles is 1. The Morgan fingerprint density at radius 1 is 1.37 bits per heavy atom. The minimum atomic E-state index is -0.386. The quantitative estimate of drug-likeness (QED) is 0.594. The van der Waals surface area contributed by atoms with Crippen LogP contribution >= 0.6 is 0 Å². The van der Waals surface area contributed by atoms with E-state index in [9.17, 15) is 4.79 Å². The number of hydrogen-bond donors (Lipinski definition) is 2. The van der Waals surface area contributed by atoms with Crippen LogP contribution in [0.1, 0.15) is 55.6 Å². The molecule has 9 nitrogen and oxygen atoms in total. The van der Waals surface area contributed by atoms with E-state index in [4.69, 9.17) is 15.7 Å². The maximum absolute atomic E-state index is 12.0. The average molecular weight is 412 g/mol. The summed E-state index contributed by atoms with van der Waals surface area (Å²) in [5.41, 5.74) is 7.40. The Morgan fingerprint density at radius 3 is 2.83 bits per heavy atom. The number of hydrogen-bond acceptors (Lipinski definition) is 8. The van der Waals surface area contributed by atoms with Crippen molar-refractivity contribution in [3.8, 4) is 6.07 Å². The highest BCUT2D eigenvalue weighted by Gasteiger charge is 2.26. The monoisotopic (exact) mass is 411 g/mol. The first kappa shape index (κ1) is 21.9. The van der Waals surface area contributed by atoms with E-state index >= 15 is 0 Å². The van der Waals surface area contributed by atoms with Gasteiger partial charge in [0.1, 0.15) is 6.54 Å². The first-order valence-corrected chi connectivity index (χ1v) is 10.5. The SMILES string of the molecule is CCOC(=O)Cn1nnnc1C(NCC1CCCC(CN)C1)c1ccc(C#N)cc1. The predicted octanol–water partition coefficient (Wildman–Crippen LogP) is 1.55. The van der Waals surface area contributed by atoms with Gasteiger partial charge in [0.25, 0.3) is 0 Å². The Morgan fingerprint density at radius 2 is 2.13 bits per heavy atom. The summed E-state index contributed by atoms with van der Waals surface area (Å²) < 4.78 is 6.51. The third-order valence-corrected chi connectivity index (χ3v) is 5.61. The van der Waals surface area contributed by atoms with E-state index in [1.54, 1.807) is 19.1 Å². The average Bonchev–Trinajstić information content (AvgIpc) is 3.22. The molecule has 160 valence electrons. The number of carbonyl (C=O) groups is 1. The molecule has 9 heteroatoms. The van der Waals surface area contributed by atoms with E-state index in [0.717, 1.165) is 31.5 Å². The molecule has 1 fully saturated rings. The molecule has 0 bridgehead atoms. The lowest BCUT2D eigenvalue weighted by molar-refractivity contribution is -0.144. The summed E-state index contributed by atoms with van der Waals surface area (Å²) in [6, 6.07) is 9.16. The second-order valence-electron chi connectivity index (χ2n) is 7.71. The molecule has 30 heavy (non-hydrogen) atoms. The molecule has 0 saturated heterocycles. The lowest BCUT2D eigenvalue weighted by Gasteiger charge is -2.30. The molecule has 3 N–H and O–H groups in total. The van der Waals surface area contributed by atoms with Crippen molar-refractivity contribution in [3.05, 3.63) is 41.2 Å². The van der Waals surface area contributed by atoms with Gasteiger partial charge < -0.3 is 15.8 Å². The molecule has 0 radical (unpaired) electrons. The van der Waals surface area contributed by atoms with Gasteiger partial charge in [0, 0.05) is 0 Å². The van der Waals surface area contributed by atoms with Gasteiger partial charge in [-0.3, -0.25) is 4.79 Å². The minimum absolute atomic E-state index is 0.0523. The van der Waals surface area contributed by atoms with Crippen molar-refractivity contribution in [3.63, 3.8) is 0 Å². The Balaban J connectivity index is 1.80. The molecule has 1 aliphatic rings. The van der Waals surface area contributed by atoms with Crippen molar-refractivity contribution in [2.75, 3.05) is 19.7 Å². The number of tetrazole rings is 1. The Kier molecular flexibility index (Phi) is 7.88. The molecule has 0 amide bonds. The Labute approximate surface area is 176 Å². The normalized spacial score (nSPS) is 19.8. The third kappa shape index (κ3) is 5.62. The van der Waals surface area contributed by atoms with Gasteiger partial charge in [-0.25, -0.2) is 4.68 Å². The molecule has 1 saturated carbocycles. The van der Waals surface area contributed by atoms with Crippen molar-refractivity contribution >= 4 is 5.97 Å². The molecule has 3 atom stereocenters. The zero-order chi connectivity index (χ0) is 21.3. The zero-order valence-corrected chi connectivity index (χ0v) is 17.3. The first-order chi connectivity index (χ1) is 14.6. The fraction of sp³-hybridized carbons (Fsp3) is 0.571. The third-order valence-electron chi connectivity index (χ3n) is 5.61. The van der Waals surface area contributed by atoms with Gasteiger partial charge in [0.05, 0.1) is 24.3 Å². The summed E-state index contributed by atoms with van der Waals surface area (Å²) in [5.74, 6) is 1.26. The molecule has 1 aliphatic carbocycles. The fourth-order valence-corrected chi connectivity index (χ4v) is 4.05. The number of nitrogens with zero attached hydrogens (tertiary/aromatic N) is 5. The number of ether oxygens (including phenoxy) is 1. The minimum Gasteiger partial charge on any atom is -0.465 e. The van der Waals surface area contributed by atoms with Gasteiger partial charge in [0.15, 0.2) is 5.82 Å². The predicted molar refractivity (Wildman–Crippen MR) is 110 cm³/mol. The van der Waals surface area contributed by atoms with E-state index in [1.807, 2.05) is 12.1 Å². The van der Waals surface area contributed by atoms with Gasteiger partial charge in [-0.1, -0.05) is 18.6 Å². The zero-order valence-electron chi connectivity index (χ0n) is 17.3. The molecule has 1 aromatic heterocycles. The van der Waals surface area contributed by atoms with Crippen molar-refractivity contribution in [2.45, 2.75) is 45.2 Å². The molecule has 1 aromatic carbocycles. The Bertz CT molecular complexity index is 859. The highest BCUT2D eigenvalue weighted by atomic mass is 16.5. The smallest absolute Gasteiger partial charge is 0.327 e. The number of nitrogens with one attached hydrogen (secondary N) is 1. The van der Waals surface area contributed by atoms with Gasteiger partial charge >= 0.3 is 5.97 Å². The van der Waals surface area contributed by atoms with E-state index in [-0.39, 0.29) is 18.6 Å². The van der Waals surface area contributed by atoms with Crippen LogP contribution in [0.15, 0.2) is 24.3 Å². The van der Waals surface area contributed by atoms with Gasteiger partial charge in [-0.15, -0.1) is 5.10 Å². The summed E-state index contributed by atoms with van der Waals surface area (Å²) in [5, 5.41) is 24.7. The highest BCUT2D eigenvalue weighted by molar-refractivity contribution is 5.69. The van der Waals surface area contributed by atoms with Crippen LogP contribution in [-0.4, -0.2) is 45.9 Å². The van der Waals surface area contributed by atoms with Crippen LogP contribution in [0.4, 0.5) is 0 Å². The number of nitrogens with two attached hydrogens (primary N) is 1. The molecule has 1 heterocycles. The number of aromatic nitrogens is 4. The van der Waals surface area contributed by atoms with Crippen LogP contribution in [-0.2, 0) is 16.1 Å². The lowest BCUT2D eigenvalue weighted by atomic mass is 9.81. The maximum Gasteiger partial charge on any atom is 0.327 e. The van der Waals surface area contributed by atoms with Crippen LogP contribution in [0, 0.1) is 23.2 Å². The van der Waals surface area contributed by atoms with E-state index in [2.05, 4.69) is 26.9 Å². The summed E-state index contributed by atoms with van der Waals surface area (Å²) in [6.07, 6.45) is 4.66. The molecular formula is C21H29N7O2. The second-order valence-corrected chi connectivity index (χ2v) is 7.71. The Hall–Kier alpha value is -2.83. The van der Waals surface area contributed by atoms with E-state index in [0.29, 0.717) is 29.8 Å². The molecular weight excluding hydrogens is 382 g/mol. The largest absolute Gasteiger partial charge is 0.465 e. The fourth-order valence-electron chi connectivity index (χ4n) is 4.05. The van der Waals surface area contributed by atoms with Crippen LogP contribution in [0.5, 0.6) is 0 Å². The van der Waals surface area contributed by atoms with Crippen LogP contribution in [0.25, 0.3) is 0 Å². The standard InChI is InChI=1S/C21H29N7O2/c1-2-30-19(29)14-28-21(25-26-27-28)20(18-8-6-15(11-22)7-9-18)24-13-17-5-3-4-16(10-17)12-23/h6-9,16-17,20,24H,2-5,10,12-14,23H2,1H3. The molecule has 0 spiro atoms. The topological polar surface area (TPSA) is 132 Å². The summed E-state index contributed by atoms with van der Waals surface area (Å²) >= 11 is 0. The van der Waals surface area contributed by atoms with Gasteiger partial charge in [0.2, 0.25) is 0 Å². The molecule has 3 rings (SSSR count). The van der Waals surface area contributed by atoms with E-state index in [1.165, 1.54) is 17.5 Å². The van der Waals surface area contributed by atoms with Crippen LogP contribution in [0.3, 0.4) is 0 Å². The molecule has 2 aromatic rings. The summed E-state index contributed by atoms with van der Waals surface area (Å²) in [7, 11) is 0. The summed E-state index contributed by atoms with van der Waals surface area (Å²) in [4.78, 5) is 12.0. The van der Waals surface area contributed by atoms with Crippen LogP contribution < -0.4 is 11.1 Å². The van der Waals surface area contributed by atoms with Crippen molar-refractivity contribution < 1.29 is 9.53 Å². The van der Waals surface area contributed by atoms with Gasteiger partial charge in [-0.2, -0.15) is 5.26 Å². The summed E-state index contributed by atoms with van der Waals surface area (Å²) in [6.45, 7) is 3.54. The van der Waals surface area contributed by atoms with Gasteiger partial charge in [-0.05, 0) is 79.2 Å². The van der Waals surface area contributed by atoms with Crippen molar-refractivity contribution in [1.82, 2.24) is 25.5 Å². The lowest BCUT2D eigenvalue weighted by Crippen LogP contribution is -2.34. The second kappa shape index (κ2) is 10.8. The molecule has 0 aliphatic heterocycles. The first-order valence-electron chi connectivity index (χ1n) is 10.5. The van der Waals surface area contributed by atoms with E-state index < -0.39 is 0 Å².